The van der Waals surface area contributed by atoms with Crippen LogP contribution in [0.5, 0.6) is 0 Å². The summed E-state index contributed by atoms with van der Waals surface area (Å²) in [5.74, 6) is 5.90. The number of hydrogen-bond acceptors (Lipinski definition) is 5. The van der Waals surface area contributed by atoms with Gasteiger partial charge in [0.2, 0.25) is 0 Å². The molecule has 21 heavy (non-hydrogen) atoms. The summed E-state index contributed by atoms with van der Waals surface area (Å²) in [4.78, 5) is 12.3. The first-order chi connectivity index (χ1) is 10.1. The second-order valence-electron chi connectivity index (χ2n) is 4.50. The highest BCUT2D eigenvalue weighted by Crippen LogP contribution is 2.13. The highest BCUT2D eigenvalue weighted by atomic mass is 16.1. The Balaban J connectivity index is 2.18. The van der Waals surface area contributed by atoms with Gasteiger partial charge in [-0.05, 0) is 31.5 Å². The molecule has 2 aromatic rings. The van der Waals surface area contributed by atoms with Gasteiger partial charge < -0.3 is 11.1 Å². The van der Waals surface area contributed by atoms with Gasteiger partial charge in [-0.2, -0.15) is 5.21 Å². The first-order valence-electron chi connectivity index (χ1n) is 6.45. The first-order valence-corrected chi connectivity index (χ1v) is 6.45. The number of carbonyl (C=O) groups is 1. The molecule has 0 saturated heterocycles. The maximum Gasteiger partial charge on any atom is 0.252 e. The van der Waals surface area contributed by atoms with Gasteiger partial charge >= 0.3 is 0 Å². The van der Waals surface area contributed by atoms with Crippen molar-refractivity contribution in [1.29, 1.82) is 0 Å². The Morgan fingerprint density at radius 2 is 2.33 bits per heavy atom. The molecule has 4 N–H and O–H groups in total. The molecule has 0 aliphatic carbocycles. The zero-order valence-electron chi connectivity index (χ0n) is 11.8. The Morgan fingerprint density at radius 1 is 1.52 bits per heavy atom. The molecule has 0 fully saturated rings. The van der Waals surface area contributed by atoms with E-state index in [4.69, 9.17) is 5.73 Å². The molecule has 108 valence electrons. The van der Waals surface area contributed by atoms with Crippen LogP contribution in [0.15, 0.2) is 18.2 Å². The second-order valence-corrected chi connectivity index (χ2v) is 4.50. The van der Waals surface area contributed by atoms with Crippen molar-refractivity contribution < 1.29 is 4.79 Å². The van der Waals surface area contributed by atoms with Gasteiger partial charge in [0, 0.05) is 11.1 Å². The molecule has 0 bridgehead atoms. The maximum absolute atomic E-state index is 12.3. The van der Waals surface area contributed by atoms with Crippen molar-refractivity contribution in [3.05, 3.63) is 40.7 Å². The van der Waals surface area contributed by atoms with E-state index in [-0.39, 0.29) is 18.5 Å². The van der Waals surface area contributed by atoms with Crippen molar-refractivity contribution in [2.45, 2.75) is 19.9 Å². The second kappa shape index (κ2) is 6.63. The van der Waals surface area contributed by atoms with E-state index in [0.29, 0.717) is 11.4 Å². The molecule has 2 rings (SSSR count). The van der Waals surface area contributed by atoms with Gasteiger partial charge in [-0.1, -0.05) is 23.1 Å². The van der Waals surface area contributed by atoms with Crippen LogP contribution in [0.3, 0.4) is 0 Å². The lowest BCUT2D eigenvalue weighted by atomic mass is 10.0. The van der Waals surface area contributed by atoms with Crippen molar-refractivity contribution in [3.8, 4) is 11.8 Å². The van der Waals surface area contributed by atoms with Gasteiger partial charge in [-0.25, -0.2) is 0 Å². The molecule has 1 unspecified atom stereocenters. The van der Waals surface area contributed by atoms with Crippen LogP contribution in [0, 0.1) is 18.8 Å². The molecule has 0 radical (unpaired) electrons. The lowest BCUT2D eigenvalue weighted by Crippen LogP contribution is -2.28. The van der Waals surface area contributed by atoms with Crippen LogP contribution < -0.4 is 11.1 Å². The van der Waals surface area contributed by atoms with Gasteiger partial charge in [0.15, 0.2) is 5.82 Å². The monoisotopic (exact) mass is 284 g/mol. The van der Waals surface area contributed by atoms with E-state index >= 15 is 0 Å². The maximum atomic E-state index is 12.3. The molecule has 1 amide bonds. The SMILES string of the molecule is Cc1ccc(C#CCN)cc1C(=O)NC(C)c1nn[nH]n1. The summed E-state index contributed by atoms with van der Waals surface area (Å²) >= 11 is 0. The van der Waals surface area contributed by atoms with Crippen LogP contribution in [0.4, 0.5) is 0 Å². The summed E-state index contributed by atoms with van der Waals surface area (Å²) in [7, 11) is 0. The fraction of sp³-hybridized carbons (Fsp3) is 0.286. The van der Waals surface area contributed by atoms with E-state index in [2.05, 4.69) is 37.8 Å². The number of aryl methyl sites for hydroxylation is 1. The Hall–Kier alpha value is -2.72. The molecule has 1 atom stereocenters. The lowest BCUT2D eigenvalue weighted by Gasteiger charge is -2.12. The minimum absolute atomic E-state index is 0.207. The number of rotatable bonds is 3. The molecule has 7 nitrogen and oxygen atoms in total. The van der Waals surface area contributed by atoms with Crippen LogP contribution >= 0.6 is 0 Å². The molecule has 0 saturated carbocycles. The van der Waals surface area contributed by atoms with Gasteiger partial charge in [-0.15, -0.1) is 10.2 Å². The predicted octanol–water partition coefficient (Wildman–Crippen LogP) is 0.309. The number of benzene rings is 1. The Kier molecular flexibility index (Phi) is 4.64. The third-order valence-corrected chi connectivity index (χ3v) is 2.91. The van der Waals surface area contributed by atoms with Crippen molar-refractivity contribution in [1.82, 2.24) is 25.9 Å². The largest absolute Gasteiger partial charge is 0.342 e. The Labute approximate surface area is 122 Å². The lowest BCUT2D eigenvalue weighted by molar-refractivity contribution is 0.0937. The van der Waals surface area contributed by atoms with Crippen molar-refractivity contribution in [2.24, 2.45) is 5.73 Å². The summed E-state index contributed by atoms with van der Waals surface area (Å²) in [6.45, 7) is 3.94. The number of hydrogen-bond donors (Lipinski definition) is 3. The zero-order valence-corrected chi connectivity index (χ0v) is 11.8. The minimum atomic E-state index is -0.338. The van der Waals surface area contributed by atoms with Crippen LogP contribution in [0.1, 0.15) is 40.3 Å². The number of nitrogens with zero attached hydrogens (tertiary/aromatic N) is 3. The van der Waals surface area contributed by atoms with Gasteiger partial charge in [0.05, 0.1) is 12.6 Å². The molecule has 0 aliphatic rings. The van der Waals surface area contributed by atoms with E-state index in [9.17, 15) is 4.79 Å². The third-order valence-electron chi connectivity index (χ3n) is 2.91. The summed E-state index contributed by atoms with van der Waals surface area (Å²) in [5, 5.41) is 16.3. The van der Waals surface area contributed by atoms with Crippen LogP contribution in [0.2, 0.25) is 0 Å². The van der Waals surface area contributed by atoms with E-state index < -0.39 is 0 Å². The number of amides is 1. The van der Waals surface area contributed by atoms with Crippen molar-refractivity contribution in [2.75, 3.05) is 6.54 Å². The third kappa shape index (κ3) is 3.64. The summed E-state index contributed by atoms with van der Waals surface area (Å²) in [5.41, 5.74) is 7.53. The number of H-pyrrole nitrogens is 1. The number of aromatic amines is 1. The molecule has 1 aromatic heterocycles. The van der Waals surface area contributed by atoms with E-state index in [1.54, 1.807) is 13.0 Å². The number of carbonyl (C=O) groups excluding carboxylic acids is 1. The Bertz CT molecular complexity index is 683. The number of nitrogens with two attached hydrogens (primary N) is 1. The fourth-order valence-corrected chi connectivity index (χ4v) is 1.79. The van der Waals surface area contributed by atoms with Crippen LogP contribution in [-0.4, -0.2) is 33.1 Å². The van der Waals surface area contributed by atoms with Crippen molar-refractivity contribution in [3.63, 3.8) is 0 Å². The Morgan fingerprint density at radius 3 is 3.00 bits per heavy atom. The molecular weight excluding hydrogens is 268 g/mol. The standard InChI is InChI=1S/C14H16N6O/c1-9-5-6-11(4-3-7-15)8-12(9)14(21)16-10(2)13-17-19-20-18-13/h5-6,8,10H,7,15H2,1-2H3,(H,16,21)(H,17,18,19,20). The molecule has 1 heterocycles. The van der Waals surface area contributed by atoms with Crippen LogP contribution in [0.25, 0.3) is 0 Å². The van der Waals surface area contributed by atoms with Gasteiger partial charge in [0.25, 0.3) is 5.91 Å². The van der Waals surface area contributed by atoms with E-state index in [1.807, 2.05) is 19.1 Å². The first kappa shape index (κ1) is 14.7. The van der Waals surface area contributed by atoms with E-state index in [0.717, 1.165) is 11.1 Å². The quantitative estimate of drug-likeness (QED) is 0.703. The summed E-state index contributed by atoms with van der Waals surface area (Å²) < 4.78 is 0. The topological polar surface area (TPSA) is 110 Å². The van der Waals surface area contributed by atoms with Crippen LogP contribution in [-0.2, 0) is 0 Å². The van der Waals surface area contributed by atoms with Gasteiger partial charge in [0.1, 0.15) is 0 Å². The minimum Gasteiger partial charge on any atom is -0.342 e. The number of aromatic nitrogens is 4. The molecule has 7 heteroatoms. The molecule has 0 aliphatic heterocycles. The molecular formula is C14H16N6O. The summed E-state index contributed by atoms with van der Waals surface area (Å²) in [6, 6.07) is 5.12. The number of tetrazole rings is 1. The van der Waals surface area contributed by atoms with Gasteiger partial charge in [-0.3, -0.25) is 4.79 Å². The average molecular weight is 284 g/mol. The highest BCUT2D eigenvalue weighted by Gasteiger charge is 2.16. The predicted molar refractivity (Wildman–Crippen MR) is 77.2 cm³/mol. The summed E-state index contributed by atoms with van der Waals surface area (Å²) in [6.07, 6.45) is 0. The average Bonchev–Trinajstić information content (AvgIpc) is 3.00. The smallest absolute Gasteiger partial charge is 0.252 e. The van der Waals surface area contributed by atoms with Crippen molar-refractivity contribution >= 4 is 5.91 Å². The molecule has 0 spiro atoms. The zero-order chi connectivity index (χ0) is 15.2. The molecule has 1 aromatic carbocycles. The fourth-order valence-electron chi connectivity index (χ4n) is 1.79. The number of nitrogens with one attached hydrogen (secondary N) is 2. The normalized spacial score (nSPS) is 11.4. The highest BCUT2D eigenvalue weighted by molar-refractivity contribution is 5.96. The van der Waals surface area contributed by atoms with E-state index in [1.165, 1.54) is 0 Å².